The largest absolute Gasteiger partial charge is 0.374 e. The predicted octanol–water partition coefficient (Wildman–Crippen LogP) is 3.89. The Morgan fingerprint density at radius 3 is 2.70 bits per heavy atom. The number of amides is 2. The molecule has 1 atom stereocenters. The van der Waals surface area contributed by atoms with Crippen LogP contribution in [0.1, 0.15) is 38.1 Å². The Balaban J connectivity index is 1.91. The molecule has 0 saturated carbocycles. The zero-order valence-corrected chi connectivity index (χ0v) is 13.7. The summed E-state index contributed by atoms with van der Waals surface area (Å²) >= 11 is 0. The van der Waals surface area contributed by atoms with Crippen LogP contribution in [0.15, 0.2) is 48.7 Å². The van der Waals surface area contributed by atoms with E-state index in [0.29, 0.717) is 6.61 Å². The second kappa shape index (κ2) is 8.29. The van der Waals surface area contributed by atoms with E-state index in [2.05, 4.69) is 15.6 Å². The van der Waals surface area contributed by atoms with Crippen molar-refractivity contribution in [2.24, 2.45) is 0 Å². The first kappa shape index (κ1) is 17.0. The van der Waals surface area contributed by atoms with Crippen LogP contribution >= 0.6 is 0 Å². The second-order valence-electron chi connectivity index (χ2n) is 5.63. The summed E-state index contributed by atoms with van der Waals surface area (Å²) in [6.07, 6.45) is 1.89. The van der Waals surface area contributed by atoms with Crippen LogP contribution in [-0.2, 0) is 11.3 Å². The number of nitrogens with zero attached hydrogens (tertiary/aromatic N) is 1. The summed E-state index contributed by atoms with van der Waals surface area (Å²) in [6, 6.07) is 12.8. The van der Waals surface area contributed by atoms with Gasteiger partial charge in [-0.05, 0) is 50.6 Å². The van der Waals surface area contributed by atoms with Crippen molar-refractivity contribution in [3.63, 3.8) is 0 Å². The highest BCUT2D eigenvalue weighted by Gasteiger charge is 2.10. The molecule has 2 aromatic rings. The number of pyridine rings is 1. The van der Waals surface area contributed by atoms with E-state index in [1.54, 1.807) is 6.20 Å². The summed E-state index contributed by atoms with van der Waals surface area (Å²) in [5, 5.41) is 5.71. The molecule has 0 saturated heterocycles. The number of urea groups is 1. The van der Waals surface area contributed by atoms with Crippen molar-refractivity contribution in [3.05, 3.63) is 59.9 Å². The summed E-state index contributed by atoms with van der Waals surface area (Å²) in [4.78, 5) is 16.3. The summed E-state index contributed by atoms with van der Waals surface area (Å²) in [5.41, 5.74) is 2.58. The standard InChI is InChI=1S/C18H23N3O2/c1-13(2)23-12-15-7-6-8-16(11-15)21-18(22)20-14(3)17-9-4-5-10-19-17/h4-11,13-14H,12H2,1-3H3,(H2,20,21,22). The summed E-state index contributed by atoms with van der Waals surface area (Å²) in [7, 11) is 0. The lowest BCUT2D eigenvalue weighted by atomic mass is 10.2. The molecule has 1 aromatic carbocycles. The third-order valence-electron chi connectivity index (χ3n) is 3.25. The topological polar surface area (TPSA) is 63.2 Å². The number of hydrogen-bond donors (Lipinski definition) is 2. The molecule has 0 aliphatic carbocycles. The minimum Gasteiger partial charge on any atom is -0.374 e. The molecule has 122 valence electrons. The number of ether oxygens (including phenoxy) is 1. The SMILES string of the molecule is CC(C)OCc1cccc(NC(=O)NC(C)c2ccccn2)c1. The van der Waals surface area contributed by atoms with Gasteiger partial charge in [0.15, 0.2) is 0 Å². The first-order valence-corrected chi connectivity index (χ1v) is 7.73. The van der Waals surface area contributed by atoms with Gasteiger partial charge in [-0.25, -0.2) is 4.79 Å². The van der Waals surface area contributed by atoms with Gasteiger partial charge in [-0.1, -0.05) is 18.2 Å². The van der Waals surface area contributed by atoms with Gasteiger partial charge >= 0.3 is 6.03 Å². The van der Waals surface area contributed by atoms with E-state index in [-0.39, 0.29) is 18.2 Å². The van der Waals surface area contributed by atoms with E-state index in [1.807, 2.05) is 63.2 Å². The van der Waals surface area contributed by atoms with Gasteiger partial charge in [0.1, 0.15) is 0 Å². The minimum atomic E-state index is -0.259. The number of rotatable bonds is 6. The molecular formula is C18H23N3O2. The van der Waals surface area contributed by atoms with Crippen LogP contribution in [-0.4, -0.2) is 17.1 Å². The maximum absolute atomic E-state index is 12.1. The second-order valence-corrected chi connectivity index (χ2v) is 5.63. The number of hydrogen-bond acceptors (Lipinski definition) is 3. The fourth-order valence-electron chi connectivity index (χ4n) is 2.07. The molecule has 23 heavy (non-hydrogen) atoms. The summed E-state index contributed by atoms with van der Waals surface area (Å²) in [5.74, 6) is 0. The Kier molecular flexibility index (Phi) is 6.11. The lowest BCUT2D eigenvalue weighted by Crippen LogP contribution is -2.31. The normalized spacial score (nSPS) is 12.0. The highest BCUT2D eigenvalue weighted by atomic mass is 16.5. The molecular weight excluding hydrogens is 290 g/mol. The zero-order chi connectivity index (χ0) is 16.7. The van der Waals surface area contributed by atoms with Gasteiger partial charge in [-0.15, -0.1) is 0 Å². The highest BCUT2D eigenvalue weighted by Crippen LogP contribution is 2.13. The molecule has 2 amide bonds. The van der Waals surface area contributed by atoms with E-state index < -0.39 is 0 Å². The van der Waals surface area contributed by atoms with Crippen molar-refractivity contribution < 1.29 is 9.53 Å². The van der Waals surface area contributed by atoms with Crippen LogP contribution < -0.4 is 10.6 Å². The van der Waals surface area contributed by atoms with E-state index in [1.165, 1.54) is 0 Å². The van der Waals surface area contributed by atoms with Crippen LogP contribution in [0.5, 0.6) is 0 Å². The van der Waals surface area contributed by atoms with Gasteiger partial charge in [0.25, 0.3) is 0 Å². The summed E-state index contributed by atoms with van der Waals surface area (Å²) in [6.45, 7) is 6.41. The Morgan fingerprint density at radius 2 is 2.00 bits per heavy atom. The average Bonchev–Trinajstić information content (AvgIpc) is 2.54. The molecule has 2 N–H and O–H groups in total. The third kappa shape index (κ3) is 5.71. The van der Waals surface area contributed by atoms with Crippen LogP contribution in [0.3, 0.4) is 0 Å². The van der Waals surface area contributed by atoms with Crippen LogP contribution in [0.25, 0.3) is 0 Å². The van der Waals surface area contributed by atoms with Gasteiger partial charge in [-0.2, -0.15) is 0 Å². The first-order chi connectivity index (χ1) is 11.0. The van der Waals surface area contributed by atoms with Gasteiger partial charge < -0.3 is 15.4 Å². The Labute approximate surface area is 137 Å². The molecule has 1 aromatic heterocycles. The van der Waals surface area contributed by atoms with Gasteiger partial charge in [-0.3, -0.25) is 4.98 Å². The zero-order valence-electron chi connectivity index (χ0n) is 13.7. The number of benzene rings is 1. The van der Waals surface area contributed by atoms with E-state index >= 15 is 0 Å². The maximum atomic E-state index is 12.1. The summed E-state index contributed by atoms with van der Waals surface area (Å²) < 4.78 is 5.57. The van der Waals surface area contributed by atoms with E-state index in [4.69, 9.17) is 4.74 Å². The fraction of sp³-hybridized carbons (Fsp3) is 0.333. The molecule has 0 bridgehead atoms. The number of aromatic nitrogens is 1. The van der Waals surface area contributed by atoms with Crippen molar-refractivity contribution >= 4 is 11.7 Å². The number of carbonyl (C=O) groups is 1. The van der Waals surface area contributed by atoms with Crippen molar-refractivity contribution in [2.75, 3.05) is 5.32 Å². The van der Waals surface area contributed by atoms with E-state index in [0.717, 1.165) is 16.9 Å². The number of anilines is 1. The Morgan fingerprint density at radius 1 is 1.17 bits per heavy atom. The molecule has 0 aliphatic heterocycles. The molecule has 2 rings (SSSR count). The van der Waals surface area contributed by atoms with Crippen molar-refractivity contribution in [1.29, 1.82) is 0 Å². The van der Waals surface area contributed by atoms with Crippen LogP contribution in [0, 0.1) is 0 Å². The molecule has 1 unspecified atom stereocenters. The quantitative estimate of drug-likeness (QED) is 0.850. The van der Waals surface area contributed by atoms with Crippen molar-refractivity contribution in [1.82, 2.24) is 10.3 Å². The molecule has 0 fully saturated rings. The van der Waals surface area contributed by atoms with E-state index in [9.17, 15) is 4.79 Å². The molecule has 5 nitrogen and oxygen atoms in total. The van der Waals surface area contributed by atoms with Gasteiger partial charge in [0, 0.05) is 11.9 Å². The number of carbonyl (C=O) groups excluding carboxylic acids is 1. The Hall–Kier alpha value is -2.40. The molecule has 0 spiro atoms. The molecule has 1 heterocycles. The fourth-order valence-corrected chi connectivity index (χ4v) is 2.07. The average molecular weight is 313 g/mol. The lowest BCUT2D eigenvalue weighted by Gasteiger charge is -2.14. The van der Waals surface area contributed by atoms with Crippen molar-refractivity contribution in [3.8, 4) is 0 Å². The van der Waals surface area contributed by atoms with Gasteiger partial charge in [0.2, 0.25) is 0 Å². The smallest absolute Gasteiger partial charge is 0.319 e. The Bertz CT molecular complexity index is 629. The number of nitrogens with one attached hydrogen (secondary N) is 2. The van der Waals surface area contributed by atoms with Crippen molar-refractivity contribution in [2.45, 2.75) is 39.5 Å². The molecule has 0 aliphatic rings. The molecule has 5 heteroatoms. The van der Waals surface area contributed by atoms with Crippen LogP contribution in [0.2, 0.25) is 0 Å². The predicted molar refractivity (Wildman–Crippen MR) is 91.2 cm³/mol. The maximum Gasteiger partial charge on any atom is 0.319 e. The highest BCUT2D eigenvalue weighted by molar-refractivity contribution is 5.89. The first-order valence-electron chi connectivity index (χ1n) is 7.73. The monoisotopic (exact) mass is 313 g/mol. The third-order valence-corrected chi connectivity index (χ3v) is 3.25. The molecule has 0 radical (unpaired) electrons. The van der Waals surface area contributed by atoms with Gasteiger partial charge in [0.05, 0.1) is 24.4 Å². The minimum absolute atomic E-state index is 0.163. The lowest BCUT2D eigenvalue weighted by molar-refractivity contribution is 0.0657. The van der Waals surface area contributed by atoms with Crippen LogP contribution in [0.4, 0.5) is 10.5 Å².